The molecule has 0 radical (unpaired) electrons. The molecule has 100 valence electrons. The van der Waals surface area contributed by atoms with Gasteiger partial charge >= 0.3 is 0 Å². The zero-order valence-corrected chi connectivity index (χ0v) is 10.8. The van der Waals surface area contributed by atoms with Crippen LogP contribution >= 0.6 is 0 Å². The molecule has 0 bridgehead atoms. The van der Waals surface area contributed by atoms with Crippen molar-refractivity contribution < 1.29 is 9.53 Å². The number of aromatic nitrogens is 1. The lowest BCUT2D eigenvalue weighted by Gasteiger charge is -2.29. The van der Waals surface area contributed by atoms with Crippen LogP contribution < -0.4 is 5.32 Å². The van der Waals surface area contributed by atoms with Gasteiger partial charge in [-0.15, -0.1) is 0 Å². The van der Waals surface area contributed by atoms with Crippen LogP contribution in [-0.4, -0.2) is 48.1 Å². The number of carbonyl (C=O) groups is 1. The second-order valence-electron chi connectivity index (χ2n) is 4.35. The molecule has 1 saturated heterocycles. The quantitative estimate of drug-likeness (QED) is 0.861. The van der Waals surface area contributed by atoms with Gasteiger partial charge in [-0.05, 0) is 19.1 Å². The summed E-state index contributed by atoms with van der Waals surface area (Å²) in [6.07, 6.45) is 1.56. The molecule has 1 aliphatic heterocycles. The number of hydrogen-bond acceptors (Lipinski definition) is 5. The minimum atomic E-state index is -0.326. The molecule has 1 aromatic rings. The van der Waals surface area contributed by atoms with Gasteiger partial charge in [0.1, 0.15) is 17.8 Å². The van der Waals surface area contributed by atoms with Crippen LogP contribution in [0.15, 0.2) is 18.3 Å². The number of nitrogens with one attached hydrogen (secondary N) is 1. The molecule has 1 unspecified atom stereocenters. The molecule has 0 saturated carbocycles. The van der Waals surface area contributed by atoms with Crippen LogP contribution in [0, 0.1) is 11.3 Å². The lowest BCUT2D eigenvalue weighted by Crippen LogP contribution is -2.47. The number of nitriles is 1. The molecule has 6 heteroatoms. The van der Waals surface area contributed by atoms with E-state index < -0.39 is 0 Å². The second kappa shape index (κ2) is 6.16. The van der Waals surface area contributed by atoms with E-state index in [4.69, 9.17) is 10.00 Å². The predicted octanol–water partition coefficient (Wildman–Crippen LogP) is 0.612. The highest BCUT2D eigenvalue weighted by atomic mass is 16.5. The molecule has 6 nitrogen and oxygen atoms in total. The van der Waals surface area contributed by atoms with Crippen molar-refractivity contribution in [1.29, 1.82) is 5.26 Å². The highest BCUT2D eigenvalue weighted by Crippen LogP contribution is 2.09. The summed E-state index contributed by atoms with van der Waals surface area (Å²) in [4.78, 5) is 17.9. The van der Waals surface area contributed by atoms with Crippen LogP contribution in [-0.2, 0) is 9.53 Å². The van der Waals surface area contributed by atoms with E-state index in [1.54, 1.807) is 23.2 Å². The minimum absolute atomic E-state index is 0.0488. The summed E-state index contributed by atoms with van der Waals surface area (Å²) >= 11 is 0. The van der Waals surface area contributed by atoms with Crippen LogP contribution in [0.25, 0.3) is 0 Å². The monoisotopic (exact) mass is 260 g/mol. The standard InChI is InChI=1S/C13H16N4O2/c1-10(13(18)17-4-6-19-7-5-17)16-12-3-2-11(8-14)15-9-12/h2-3,9-10,16H,4-7H2,1H3. The van der Waals surface area contributed by atoms with E-state index in [1.807, 2.05) is 13.0 Å². The third-order valence-corrected chi connectivity index (χ3v) is 2.95. The maximum absolute atomic E-state index is 12.2. The maximum atomic E-state index is 12.2. The van der Waals surface area contributed by atoms with Crippen molar-refractivity contribution in [3.05, 3.63) is 24.0 Å². The van der Waals surface area contributed by atoms with E-state index >= 15 is 0 Å². The molecule has 1 aromatic heterocycles. The number of nitrogens with zero attached hydrogens (tertiary/aromatic N) is 3. The van der Waals surface area contributed by atoms with E-state index in [1.165, 1.54) is 0 Å². The summed E-state index contributed by atoms with van der Waals surface area (Å²) in [7, 11) is 0. The topological polar surface area (TPSA) is 78.2 Å². The molecule has 19 heavy (non-hydrogen) atoms. The van der Waals surface area contributed by atoms with Crippen molar-refractivity contribution in [2.75, 3.05) is 31.6 Å². The number of anilines is 1. The van der Waals surface area contributed by atoms with E-state index in [9.17, 15) is 4.79 Å². The first-order chi connectivity index (χ1) is 9.20. The Kier molecular flexibility index (Phi) is 4.31. The van der Waals surface area contributed by atoms with Crippen LogP contribution in [0.3, 0.4) is 0 Å². The molecule has 0 spiro atoms. The lowest BCUT2D eigenvalue weighted by molar-refractivity contribution is -0.135. The average Bonchev–Trinajstić information content (AvgIpc) is 2.48. The maximum Gasteiger partial charge on any atom is 0.244 e. The van der Waals surface area contributed by atoms with Gasteiger partial charge in [0.25, 0.3) is 0 Å². The lowest BCUT2D eigenvalue weighted by atomic mass is 10.2. The number of rotatable bonds is 3. The zero-order chi connectivity index (χ0) is 13.7. The Morgan fingerprint density at radius 2 is 2.26 bits per heavy atom. The van der Waals surface area contributed by atoms with Gasteiger partial charge in [0, 0.05) is 13.1 Å². The molecular formula is C13H16N4O2. The van der Waals surface area contributed by atoms with E-state index in [2.05, 4.69) is 10.3 Å². The smallest absolute Gasteiger partial charge is 0.244 e. The fourth-order valence-corrected chi connectivity index (χ4v) is 1.91. The summed E-state index contributed by atoms with van der Waals surface area (Å²) in [5, 5.41) is 11.7. The number of pyridine rings is 1. The Morgan fingerprint density at radius 1 is 1.53 bits per heavy atom. The van der Waals surface area contributed by atoms with Crippen molar-refractivity contribution in [3.63, 3.8) is 0 Å². The van der Waals surface area contributed by atoms with Gasteiger partial charge in [-0.1, -0.05) is 0 Å². The van der Waals surface area contributed by atoms with Crippen molar-refractivity contribution >= 4 is 11.6 Å². The summed E-state index contributed by atoms with van der Waals surface area (Å²) in [5.74, 6) is 0.0488. The molecule has 1 N–H and O–H groups in total. The van der Waals surface area contributed by atoms with Crippen molar-refractivity contribution in [2.24, 2.45) is 0 Å². The number of morpholine rings is 1. The molecule has 1 atom stereocenters. The Bertz CT molecular complexity index is 474. The van der Waals surface area contributed by atoms with Gasteiger partial charge in [-0.3, -0.25) is 4.79 Å². The number of carbonyl (C=O) groups excluding carboxylic acids is 1. The van der Waals surface area contributed by atoms with Crippen molar-refractivity contribution in [1.82, 2.24) is 9.88 Å². The van der Waals surface area contributed by atoms with Crippen LogP contribution in [0.5, 0.6) is 0 Å². The summed E-state index contributed by atoms with van der Waals surface area (Å²) in [6, 6.07) is 4.99. The molecule has 2 rings (SSSR count). The SMILES string of the molecule is CC(Nc1ccc(C#N)nc1)C(=O)N1CCOCC1. The Hall–Kier alpha value is -2.13. The summed E-state index contributed by atoms with van der Waals surface area (Å²) < 4.78 is 5.22. The average molecular weight is 260 g/mol. The minimum Gasteiger partial charge on any atom is -0.378 e. The van der Waals surface area contributed by atoms with E-state index in [0.29, 0.717) is 32.0 Å². The van der Waals surface area contributed by atoms with Crippen LogP contribution in [0.1, 0.15) is 12.6 Å². The van der Waals surface area contributed by atoms with Gasteiger partial charge in [0.05, 0.1) is 25.1 Å². The van der Waals surface area contributed by atoms with Gasteiger partial charge in [0.15, 0.2) is 0 Å². The Balaban J connectivity index is 1.93. The fraction of sp³-hybridized carbons (Fsp3) is 0.462. The molecule has 1 aliphatic rings. The predicted molar refractivity (Wildman–Crippen MR) is 69.4 cm³/mol. The molecule has 1 fully saturated rings. The molecule has 2 heterocycles. The Labute approximate surface area is 112 Å². The zero-order valence-electron chi connectivity index (χ0n) is 10.8. The summed E-state index contributed by atoms with van der Waals surface area (Å²) in [5.41, 5.74) is 1.09. The van der Waals surface area contributed by atoms with Crippen LogP contribution in [0.4, 0.5) is 5.69 Å². The summed E-state index contributed by atoms with van der Waals surface area (Å²) in [6.45, 7) is 4.27. The van der Waals surface area contributed by atoms with Crippen molar-refractivity contribution in [3.8, 4) is 6.07 Å². The van der Waals surface area contributed by atoms with E-state index in [-0.39, 0.29) is 11.9 Å². The van der Waals surface area contributed by atoms with Crippen molar-refractivity contribution in [2.45, 2.75) is 13.0 Å². The largest absolute Gasteiger partial charge is 0.378 e. The first-order valence-electron chi connectivity index (χ1n) is 6.20. The third kappa shape index (κ3) is 3.42. The first-order valence-corrected chi connectivity index (χ1v) is 6.20. The normalized spacial score (nSPS) is 16.5. The number of amides is 1. The van der Waals surface area contributed by atoms with Crippen LogP contribution in [0.2, 0.25) is 0 Å². The van der Waals surface area contributed by atoms with Gasteiger partial charge in [0.2, 0.25) is 5.91 Å². The third-order valence-electron chi connectivity index (χ3n) is 2.95. The van der Waals surface area contributed by atoms with Gasteiger partial charge < -0.3 is 15.0 Å². The number of ether oxygens (including phenoxy) is 1. The molecule has 0 aromatic carbocycles. The molecule has 1 amide bonds. The highest BCUT2D eigenvalue weighted by Gasteiger charge is 2.22. The number of hydrogen-bond donors (Lipinski definition) is 1. The highest BCUT2D eigenvalue weighted by molar-refractivity contribution is 5.84. The molecular weight excluding hydrogens is 244 g/mol. The first kappa shape index (κ1) is 13.3. The van der Waals surface area contributed by atoms with E-state index in [0.717, 1.165) is 5.69 Å². The molecule has 0 aliphatic carbocycles. The van der Waals surface area contributed by atoms with Gasteiger partial charge in [-0.2, -0.15) is 5.26 Å². The fourth-order valence-electron chi connectivity index (χ4n) is 1.91. The Morgan fingerprint density at radius 3 is 2.84 bits per heavy atom. The second-order valence-corrected chi connectivity index (χ2v) is 4.35. The van der Waals surface area contributed by atoms with Gasteiger partial charge in [-0.25, -0.2) is 4.98 Å².